The fourth-order valence-corrected chi connectivity index (χ4v) is 2.31. The molecule has 0 aromatic rings. The molecule has 0 saturated carbocycles. The van der Waals surface area contributed by atoms with Gasteiger partial charge in [0, 0.05) is 11.1 Å². The van der Waals surface area contributed by atoms with E-state index in [4.69, 9.17) is 5.11 Å². The van der Waals surface area contributed by atoms with Gasteiger partial charge in [-0.25, -0.2) is 4.79 Å². The Morgan fingerprint density at radius 3 is 2.00 bits per heavy atom. The summed E-state index contributed by atoms with van der Waals surface area (Å²) in [6, 6.07) is 0. The molecule has 3 unspecified atom stereocenters. The fraction of sp³-hybridized carbons (Fsp3) is 0.643. The Morgan fingerprint density at radius 2 is 1.57 bits per heavy atom. The molecule has 1 rings (SSSR count). The number of hydrogen-bond donors (Lipinski definition) is 4. The molecule has 0 aromatic carbocycles. The van der Waals surface area contributed by atoms with Crippen LogP contribution in [0.1, 0.15) is 40.5 Å². The van der Waals surface area contributed by atoms with Crippen molar-refractivity contribution in [2.45, 2.75) is 57.3 Å². The molecule has 0 saturated heterocycles. The fourth-order valence-electron chi connectivity index (χ4n) is 2.31. The summed E-state index contributed by atoms with van der Waals surface area (Å²) in [6.45, 7) is 4.75. The van der Waals surface area contributed by atoms with Crippen LogP contribution in [0.5, 0.6) is 0 Å². The van der Waals surface area contributed by atoms with Gasteiger partial charge < -0.3 is 20.4 Å². The predicted molar refractivity (Wildman–Crippen MR) is 71.5 cm³/mol. The SMILES string of the molecule is CC1=C(C)C(=O)C(O)(CCC(C)(O)C(=O)O)C(C)(O)C1=O. The highest BCUT2D eigenvalue weighted by Crippen LogP contribution is 2.39. The number of aliphatic hydroxyl groups is 3. The summed E-state index contributed by atoms with van der Waals surface area (Å²) in [5, 5.41) is 39.3. The molecule has 0 spiro atoms. The molecular weight excluding hydrogens is 280 g/mol. The highest BCUT2D eigenvalue weighted by Gasteiger charge is 2.60. The lowest BCUT2D eigenvalue weighted by Crippen LogP contribution is -2.65. The average Bonchev–Trinajstić information content (AvgIpc) is 2.39. The van der Waals surface area contributed by atoms with Gasteiger partial charge in [0.15, 0.2) is 28.4 Å². The highest BCUT2D eigenvalue weighted by molar-refractivity contribution is 6.19. The Morgan fingerprint density at radius 1 is 1.14 bits per heavy atom. The molecule has 0 bridgehead atoms. The van der Waals surface area contributed by atoms with Gasteiger partial charge in [0.05, 0.1) is 0 Å². The van der Waals surface area contributed by atoms with Gasteiger partial charge in [-0.15, -0.1) is 0 Å². The Labute approximate surface area is 121 Å². The van der Waals surface area contributed by atoms with E-state index in [1.165, 1.54) is 13.8 Å². The van der Waals surface area contributed by atoms with Gasteiger partial charge in [-0.05, 0) is 40.5 Å². The largest absolute Gasteiger partial charge is 0.479 e. The first-order chi connectivity index (χ1) is 9.29. The Balaban J connectivity index is 3.23. The zero-order chi connectivity index (χ0) is 16.8. The molecular formula is C14H20O7. The van der Waals surface area contributed by atoms with Crippen LogP contribution in [-0.2, 0) is 14.4 Å². The molecule has 7 nitrogen and oxygen atoms in total. The molecule has 1 aliphatic carbocycles. The average molecular weight is 300 g/mol. The number of carboxylic acid groups (broad SMARTS) is 1. The van der Waals surface area contributed by atoms with Crippen LogP contribution in [0.15, 0.2) is 11.1 Å². The lowest BCUT2D eigenvalue weighted by Gasteiger charge is -2.43. The molecule has 21 heavy (non-hydrogen) atoms. The molecule has 0 fully saturated rings. The second kappa shape index (κ2) is 5.01. The third-order valence-electron chi connectivity index (χ3n) is 4.30. The summed E-state index contributed by atoms with van der Waals surface area (Å²) < 4.78 is 0. The number of Topliss-reactive ketones (excluding diaryl/α,β-unsaturated/α-hetero) is 2. The molecule has 118 valence electrons. The summed E-state index contributed by atoms with van der Waals surface area (Å²) in [6.07, 6.45) is -1.06. The van der Waals surface area contributed by atoms with Crippen LogP contribution >= 0.6 is 0 Å². The van der Waals surface area contributed by atoms with Gasteiger partial charge in [0.2, 0.25) is 0 Å². The Hall–Kier alpha value is -1.57. The molecule has 0 radical (unpaired) electrons. The topological polar surface area (TPSA) is 132 Å². The van der Waals surface area contributed by atoms with Gasteiger partial charge in [0.25, 0.3) is 0 Å². The molecule has 0 aliphatic heterocycles. The van der Waals surface area contributed by atoms with Gasteiger partial charge in [-0.3, -0.25) is 9.59 Å². The quantitative estimate of drug-likeness (QED) is 0.554. The zero-order valence-corrected chi connectivity index (χ0v) is 12.4. The van der Waals surface area contributed by atoms with E-state index in [0.29, 0.717) is 0 Å². The summed E-state index contributed by atoms with van der Waals surface area (Å²) in [7, 11) is 0. The van der Waals surface area contributed by atoms with Crippen molar-refractivity contribution < 1.29 is 34.8 Å². The van der Waals surface area contributed by atoms with Crippen molar-refractivity contribution in [3.63, 3.8) is 0 Å². The summed E-state index contributed by atoms with van der Waals surface area (Å²) in [5.41, 5.74) is -6.95. The van der Waals surface area contributed by atoms with Crippen LogP contribution in [0.2, 0.25) is 0 Å². The number of rotatable bonds is 4. The molecule has 7 heteroatoms. The van der Waals surface area contributed by atoms with Gasteiger partial charge in [-0.1, -0.05) is 0 Å². The van der Waals surface area contributed by atoms with Gasteiger partial charge in [-0.2, -0.15) is 0 Å². The van der Waals surface area contributed by atoms with Crippen molar-refractivity contribution in [2.24, 2.45) is 0 Å². The van der Waals surface area contributed by atoms with Crippen LogP contribution in [0, 0.1) is 0 Å². The van der Waals surface area contributed by atoms with Gasteiger partial charge >= 0.3 is 5.97 Å². The lowest BCUT2D eigenvalue weighted by molar-refractivity contribution is -0.182. The van der Waals surface area contributed by atoms with E-state index in [1.54, 1.807) is 0 Å². The van der Waals surface area contributed by atoms with E-state index in [0.717, 1.165) is 13.8 Å². The van der Waals surface area contributed by atoms with Crippen molar-refractivity contribution in [3.05, 3.63) is 11.1 Å². The minimum absolute atomic E-state index is 0.0176. The number of hydrogen-bond acceptors (Lipinski definition) is 6. The van der Waals surface area contributed by atoms with Crippen LogP contribution in [0.25, 0.3) is 0 Å². The number of carboxylic acids is 1. The standard InChI is InChI=1S/C14H20O7/c1-7-8(2)10(16)14(21,13(4,20)9(7)15)6-5-12(3,19)11(17)18/h19-21H,5-6H2,1-4H3,(H,17,18). The summed E-state index contributed by atoms with van der Waals surface area (Å²) in [5.74, 6) is -3.16. The Kier molecular flexibility index (Phi) is 4.17. The number of carbonyl (C=O) groups excluding carboxylic acids is 2. The summed E-state index contributed by atoms with van der Waals surface area (Å²) in [4.78, 5) is 35.2. The van der Waals surface area contributed by atoms with Crippen molar-refractivity contribution in [2.75, 3.05) is 0 Å². The Bertz CT molecular complexity index is 542. The van der Waals surface area contributed by atoms with E-state index in [2.05, 4.69) is 0 Å². The maximum Gasteiger partial charge on any atom is 0.335 e. The zero-order valence-electron chi connectivity index (χ0n) is 12.4. The molecule has 4 N–H and O–H groups in total. The van der Waals surface area contributed by atoms with Gasteiger partial charge in [0.1, 0.15) is 0 Å². The van der Waals surface area contributed by atoms with Crippen molar-refractivity contribution in [1.29, 1.82) is 0 Å². The lowest BCUT2D eigenvalue weighted by atomic mass is 9.66. The smallest absolute Gasteiger partial charge is 0.335 e. The maximum absolute atomic E-state index is 12.3. The molecule has 0 heterocycles. The van der Waals surface area contributed by atoms with Crippen LogP contribution in [-0.4, -0.2) is 54.8 Å². The van der Waals surface area contributed by atoms with E-state index in [-0.39, 0.29) is 11.1 Å². The van der Waals surface area contributed by atoms with Crippen LogP contribution in [0.3, 0.4) is 0 Å². The van der Waals surface area contributed by atoms with E-state index in [9.17, 15) is 29.7 Å². The minimum Gasteiger partial charge on any atom is -0.479 e. The second-order valence-corrected chi connectivity index (χ2v) is 5.92. The van der Waals surface area contributed by atoms with Crippen molar-refractivity contribution in [1.82, 2.24) is 0 Å². The first-order valence-corrected chi connectivity index (χ1v) is 6.46. The number of carbonyl (C=O) groups is 3. The van der Waals surface area contributed by atoms with E-state index < -0.39 is 47.2 Å². The normalized spacial score (nSPS) is 33.1. The predicted octanol–water partition coefficient (Wildman–Crippen LogP) is -0.427. The third kappa shape index (κ3) is 2.52. The minimum atomic E-state index is -2.47. The van der Waals surface area contributed by atoms with Crippen molar-refractivity contribution >= 4 is 17.5 Å². The highest BCUT2D eigenvalue weighted by atomic mass is 16.4. The number of aliphatic carboxylic acids is 1. The molecule has 1 aliphatic rings. The maximum atomic E-state index is 12.3. The summed E-state index contributed by atoms with van der Waals surface area (Å²) >= 11 is 0. The van der Waals surface area contributed by atoms with E-state index >= 15 is 0 Å². The second-order valence-electron chi connectivity index (χ2n) is 5.92. The molecule has 0 amide bonds. The van der Waals surface area contributed by atoms with Crippen LogP contribution < -0.4 is 0 Å². The first kappa shape index (κ1) is 17.5. The monoisotopic (exact) mass is 300 g/mol. The third-order valence-corrected chi connectivity index (χ3v) is 4.30. The van der Waals surface area contributed by atoms with Crippen LogP contribution in [0.4, 0.5) is 0 Å². The van der Waals surface area contributed by atoms with Crippen molar-refractivity contribution in [3.8, 4) is 0 Å². The number of ketones is 2. The molecule has 0 aromatic heterocycles. The van der Waals surface area contributed by atoms with E-state index in [1.807, 2.05) is 0 Å². The molecule has 3 atom stereocenters. The first-order valence-electron chi connectivity index (χ1n) is 6.46.